The molecule has 0 unspecified atom stereocenters. The minimum atomic E-state index is -0.797. The van der Waals surface area contributed by atoms with E-state index in [4.69, 9.17) is 9.47 Å². The van der Waals surface area contributed by atoms with Gasteiger partial charge in [-0.15, -0.1) is 0 Å². The Morgan fingerprint density at radius 3 is 2.87 bits per heavy atom. The van der Waals surface area contributed by atoms with E-state index in [0.29, 0.717) is 19.8 Å². The third kappa shape index (κ3) is 4.65. The Hall–Kier alpha value is -1.66. The number of likely N-dealkylation sites (N-methyl/N-ethyl adjacent to an activating group) is 1. The van der Waals surface area contributed by atoms with Gasteiger partial charge in [0.05, 0.1) is 13.2 Å². The maximum atomic E-state index is 13.4. The summed E-state index contributed by atoms with van der Waals surface area (Å²) in [6, 6.07) is 6.39. The summed E-state index contributed by atoms with van der Waals surface area (Å²) in [6.07, 6.45) is 0.764. The van der Waals surface area contributed by atoms with Gasteiger partial charge in [-0.1, -0.05) is 12.1 Å². The van der Waals surface area contributed by atoms with Gasteiger partial charge in [0, 0.05) is 33.7 Å². The van der Waals surface area contributed by atoms with Crippen molar-refractivity contribution in [3.05, 3.63) is 30.1 Å². The van der Waals surface area contributed by atoms with Crippen LogP contribution in [0.4, 0.5) is 4.39 Å². The Labute approximate surface area is 137 Å². The summed E-state index contributed by atoms with van der Waals surface area (Å²) in [4.78, 5) is 16.0. The summed E-state index contributed by atoms with van der Waals surface area (Å²) in [7, 11) is 3.47. The van der Waals surface area contributed by atoms with Gasteiger partial charge in [-0.3, -0.25) is 9.69 Å². The Morgan fingerprint density at radius 2 is 2.17 bits per heavy atom. The molecule has 1 fully saturated rings. The Morgan fingerprint density at radius 1 is 1.43 bits per heavy atom. The van der Waals surface area contributed by atoms with Crippen molar-refractivity contribution in [3.8, 4) is 5.75 Å². The normalized spacial score (nSPS) is 21.9. The van der Waals surface area contributed by atoms with Gasteiger partial charge >= 0.3 is 0 Å². The Bertz CT molecular complexity index is 538. The average Bonchev–Trinajstić information content (AvgIpc) is 2.52. The predicted octanol–water partition coefficient (Wildman–Crippen LogP) is 1.77. The molecule has 0 spiro atoms. The molecule has 0 N–H and O–H groups in total. The third-order valence-electron chi connectivity index (χ3n) is 3.92. The van der Waals surface area contributed by atoms with E-state index in [1.807, 2.05) is 6.92 Å². The van der Waals surface area contributed by atoms with Gasteiger partial charge < -0.3 is 14.4 Å². The number of hydrogen-bond donors (Lipinski definition) is 0. The quantitative estimate of drug-likeness (QED) is 0.748. The SMILES string of the molecule is CN(C)C(=O)[C@@]1(C)CN(CCCOc2ccccc2F)CCO1. The van der Waals surface area contributed by atoms with Crippen molar-refractivity contribution >= 4 is 5.91 Å². The van der Waals surface area contributed by atoms with Crippen molar-refractivity contribution < 1.29 is 18.7 Å². The van der Waals surface area contributed by atoms with E-state index in [9.17, 15) is 9.18 Å². The number of halogens is 1. The summed E-state index contributed by atoms with van der Waals surface area (Å²) in [5.41, 5.74) is -0.797. The molecule has 1 atom stereocenters. The molecule has 1 aromatic rings. The smallest absolute Gasteiger partial charge is 0.255 e. The highest BCUT2D eigenvalue weighted by Crippen LogP contribution is 2.20. The highest BCUT2D eigenvalue weighted by atomic mass is 19.1. The molecule has 1 aliphatic heterocycles. The van der Waals surface area contributed by atoms with Gasteiger partial charge in [0.25, 0.3) is 5.91 Å². The summed E-state index contributed by atoms with van der Waals surface area (Å²) in [5, 5.41) is 0. The number of amides is 1. The standard InChI is InChI=1S/C17H25FN2O3/c1-17(16(21)19(2)3)13-20(10-12-23-17)9-6-11-22-15-8-5-4-7-14(15)18/h4-5,7-8H,6,9-13H2,1-3H3/t17-/m1/s1. The van der Waals surface area contributed by atoms with Gasteiger partial charge in [0.15, 0.2) is 17.2 Å². The molecular weight excluding hydrogens is 299 g/mol. The fourth-order valence-electron chi connectivity index (χ4n) is 2.78. The van der Waals surface area contributed by atoms with Gasteiger partial charge in [0.2, 0.25) is 0 Å². The van der Waals surface area contributed by atoms with Crippen molar-refractivity contribution in [1.29, 1.82) is 0 Å². The van der Waals surface area contributed by atoms with Crippen LogP contribution in [0.15, 0.2) is 24.3 Å². The second kappa shape index (κ2) is 7.75. The van der Waals surface area contributed by atoms with E-state index in [0.717, 1.165) is 19.5 Å². The molecule has 2 rings (SSSR count). The topological polar surface area (TPSA) is 42.0 Å². The second-order valence-electron chi connectivity index (χ2n) is 6.19. The molecule has 128 valence electrons. The molecule has 1 saturated heterocycles. The molecule has 23 heavy (non-hydrogen) atoms. The molecule has 1 aliphatic rings. The fraction of sp³-hybridized carbons (Fsp3) is 0.588. The van der Waals surface area contributed by atoms with Gasteiger partial charge in [-0.05, 0) is 25.5 Å². The molecule has 0 aromatic heterocycles. The van der Waals surface area contributed by atoms with E-state index in [2.05, 4.69) is 4.90 Å². The van der Waals surface area contributed by atoms with Crippen LogP contribution in [-0.4, -0.2) is 68.3 Å². The number of carbonyl (C=O) groups excluding carboxylic acids is 1. The summed E-state index contributed by atoms with van der Waals surface area (Å²) < 4.78 is 24.6. The van der Waals surface area contributed by atoms with Crippen LogP contribution < -0.4 is 4.74 Å². The van der Waals surface area contributed by atoms with Crippen LogP contribution in [0.3, 0.4) is 0 Å². The van der Waals surface area contributed by atoms with Crippen molar-refractivity contribution in [2.24, 2.45) is 0 Å². The van der Waals surface area contributed by atoms with Crippen LogP contribution >= 0.6 is 0 Å². The minimum absolute atomic E-state index is 0.0233. The number of hydrogen-bond acceptors (Lipinski definition) is 4. The number of carbonyl (C=O) groups is 1. The van der Waals surface area contributed by atoms with Gasteiger partial charge in [0.1, 0.15) is 0 Å². The maximum Gasteiger partial charge on any atom is 0.255 e. The van der Waals surface area contributed by atoms with Crippen LogP contribution in [0.5, 0.6) is 5.75 Å². The van der Waals surface area contributed by atoms with Crippen LogP contribution in [0.1, 0.15) is 13.3 Å². The zero-order chi connectivity index (χ0) is 16.9. The maximum absolute atomic E-state index is 13.4. The van der Waals surface area contributed by atoms with Crippen molar-refractivity contribution in [3.63, 3.8) is 0 Å². The zero-order valence-corrected chi connectivity index (χ0v) is 14.0. The molecule has 1 aromatic carbocycles. The average molecular weight is 324 g/mol. The zero-order valence-electron chi connectivity index (χ0n) is 14.0. The van der Waals surface area contributed by atoms with Crippen LogP contribution in [0.25, 0.3) is 0 Å². The second-order valence-corrected chi connectivity index (χ2v) is 6.19. The highest BCUT2D eigenvalue weighted by Gasteiger charge is 2.39. The molecule has 5 nitrogen and oxygen atoms in total. The van der Waals surface area contributed by atoms with Crippen LogP contribution in [-0.2, 0) is 9.53 Å². The largest absolute Gasteiger partial charge is 0.490 e. The number of rotatable bonds is 6. The first-order valence-corrected chi connectivity index (χ1v) is 7.88. The molecule has 1 amide bonds. The number of ether oxygens (including phenoxy) is 2. The lowest BCUT2D eigenvalue weighted by atomic mass is 10.0. The number of morpholine rings is 1. The highest BCUT2D eigenvalue weighted by molar-refractivity contribution is 5.84. The number of nitrogens with zero attached hydrogens (tertiary/aromatic N) is 2. The van der Waals surface area contributed by atoms with Crippen molar-refractivity contribution in [1.82, 2.24) is 9.80 Å². The van der Waals surface area contributed by atoms with Crippen LogP contribution in [0.2, 0.25) is 0 Å². The van der Waals surface area contributed by atoms with Gasteiger partial charge in [-0.2, -0.15) is 0 Å². The number of para-hydroxylation sites is 1. The van der Waals surface area contributed by atoms with E-state index < -0.39 is 5.60 Å². The molecule has 6 heteroatoms. The van der Waals surface area contributed by atoms with E-state index in [1.54, 1.807) is 37.2 Å². The molecule has 0 aliphatic carbocycles. The summed E-state index contributed by atoms with van der Waals surface area (Å²) in [5.74, 6) is -0.0880. The minimum Gasteiger partial charge on any atom is -0.490 e. The molecule has 0 saturated carbocycles. The lowest BCUT2D eigenvalue weighted by molar-refractivity contribution is -0.165. The van der Waals surface area contributed by atoms with E-state index in [1.165, 1.54) is 6.07 Å². The van der Waals surface area contributed by atoms with E-state index in [-0.39, 0.29) is 17.5 Å². The van der Waals surface area contributed by atoms with Crippen LogP contribution in [0, 0.1) is 5.82 Å². The number of benzene rings is 1. The van der Waals surface area contributed by atoms with Gasteiger partial charge in [-0.25, -0.2) is 4.39 Å². The molecule has 0 bridgehead atoms. The molecular formula is C17H25FN2O3. The van der Waals surface area contributed by atoms with E-state index >= 15 is 0 Å². The fourth-order valence-corrected chi connectivity index (χ4v) is 2.78. The summed E-state index contributed by atoms with van der Waals surface area (Å²) >= 11 is 0. The summed E-state index contributed by atoms with van der Waals surface area (Å²) in [6.45, 7) is 4.94. The lowest BCUT2D eigenvalue weighted by Crippen LogP contribution is -2.58. The Kier molecular flexibility index (Phi) is 5.96. The molecule has 1 heterocycles. The predicted molar refractivity (Wildman–Crippen MR) is 86.0 cm³/mol. The van der Waals surface area contributed by atoms with Crippen molar-refractivity contribution in [2.75, 3.05) is 46.9 Å². The first-order chi connectivity index (χ1) is 10.9. The van der Waals surface area contributed by atoms with Crippen molar-refractivity contribution in [2.45, 2.75) is 18.9 Å². The monoisotopic (exact) mass is 324 g/mol. The Balaban J connectivity index is 1.78. The molecule has 0 radical (unpaired) electrons. The first-order valence-electron chi connectivity index (χ1n) is 7.88. The third-order valence-corrected chi connectivity index (χ3v) is 3.92. The first kappa shape index (κ1) is 17.7. The lowest BCUT2D eigenvalue weighted by Gasteiger charge is -2.40.